The number of benzene rings is 2. The first-order valence-corrected chi connectivity index (χ1v) is 8.68. The van der Waals surface area contributed by atoms with Crippen LogP contribution in [0.5, 0.6) is 0 Å². The van der Waals surface area contributed by atoms with Gasteiger partial charge in [-0.15, -0.1) is 0 Å². The van der Waals surface area contributed by atoms with Gasteiger partial charge in [-0.3, -0.25) is 9.78 Å². The molecule has 5 heteroatoms. The maximum Gasteiger partial charge on any atom is 0.338 e. The molecule has 1 aromatic heterocycles. The third-order valence-electron chi connectivity index (χ3n) is 4.07. The van der Waals surface area contributed by atoms with Crippen molar-refractivity contribution in [2.45, 2.75) is 12.5 Å². The smallest absolute Gasteiger partial charge is 0.338 e. The molecule has 1 heterocycles. The fourth-order valence-corrected chi connectivity index (χ4v) is 2.73. The quantitative estimate of drug-likeness (QED) is 0.656. The van der Waals surface area contributed by atoms with Crippen molar-refractivity contribution in [3.63, 3.8) is 0 Å². The zero-order valence-electron chi connectivity index (χ0n) is 14.7. The molecule has 0 saturated carbocycles. The van der Waals surface area contributed by atoms with Crippen LogP contribution in [0.1, 0.15) is 27.5 Å². The summed E-state index contributed by atoms with van der Waals surface area (Å²) >= 11 is 0. The average Bonchev–Trinajstić information content (AvgIpc) is 2.73. The number of nitrogens with zero attached hydrogens (tertiary/aromatic N) is 1. The van der Waals surface area contributed by atoms with Crippen molar-refractivity contribution < 1.29 is 14.3 Å². The summed E-state index contributed by atoms with van der Waals surface area (Å²) in [6.45, 7) is -0.334. The van der Waals surface area contributed by atoms with Crippen LogP contribution >= 0.6 is 0 Å². The number of carbonyl (C=O) groups excluding carboxylic acids is 2. The molecule has 0 aliphatic rings. The predicted octanol–water partition coefficient (Wildman–Crippen LogP) is 3.34. The molecule has 0 aliphatic heterocycles. The Morgan fingerprint density at radius 1 is 0.889 bits per heavy atom. The third kappa shape index (κ3) is 5.51. The Balaban J connectivity index is 1.63. The first-order chi connectivity index (χ1) is 13.2. The number of hydrogen-bond donors (Lipinski definition) is 1. The minimum Gasteiger partial charge on any atom is -0.452 e. The van der Waals surface area contributed by atoms with Crippen molar-refractivity contribution in [2.75, 3.05) is 6.61 Å². The highest BCUT2D eigenvalue weighted by molar-refractivity contribution is 5.91. The van der Waals surface area contributed by atoms with Gasteiger partial charge < -0.3 is 10.1 Å². The molecule has 3 aromatic rings. The number of esters is 1. The van der Waals surface area contributed by atoms with Gasteiger partial charge in [0.1, 0.15) is 0 Å². The summed E-state index contributed by atoms with van der Waals surface area (Å²) in [7, 11) is 0. The van der Waals surface area contributed by atoms with E-state index < -0.39 is 5.97 Å². The second-order valence-corrected chi connectivity index (χ2v) is 6.03. The Morgan fingerprint density at radius 2 is 1.52 bits per heavy atom. The Kier molecular flexibility index (Phi) is 6.30. The summed E-state index contributed by atoms with van der Waals surface area (Å²) in [4.78, 5) is 28.2. The minimum atomic E-state index is -0.549. The molecule has 1 amide bonds. The van der Waals surface area contributed by atoms with Gasteiger partial charge >= 0.3 is 5.97 Å². The molecule has 5 nitrogen and oxygen atoms in total. The molecule has 0 unspecified atom stereocenters. The van der Waals surface area contributed by atoms with Crippen molar-refractivity contribution in [1.29, 1.82) is 0 Å². The summed E-state index contributed by atoms with van der Waals surface area (Å²) < 4.78 is 5.10. The fourth-order valence-electron chi connectivity index (χ4n) is 2.73. The molecule has 1 atom stereocenters. The van der Waals surface area contributed by atoms with Gasteiger partial charge in [0.2, 0.25) is 0 Å². The average molecular weight is 360 g/mol. The number of pyridine rings is 1. The van der Waals surface area contributed by atoms with Crippen LogP contribution in [0.3, 0.4) is 0 Å². The molecule has 2 aromatic carbocycles. The van der Waals surface area contributed by atoms with Gasteiger partial charge in [0, 0.05) is 12.4 Å². The van der Waals surface area contributed by atoms with Crippen LogP contribution < -0.4 is 5.32 Å². The Hall–Kier alpha value is -3.47. The zero-order chi connectivity index (χ0) is 18.9. The van der Waals surface area contributed by atoms with Crippen LogP contribution in [0.2, 0.25) is 0 Å². The van der Waals surface area contributed by atoms with Gasteiger partial charge in [0.25, 0.3) is 5.91 Å². The van der Waals surface area contributed by atoms with Crippen molar-refractivity contribution in [1.82, 2.24) is 10.3 Å². The highest BCUT2D eigenvalue weighted by atomic mass is 16.5. The number of hydrogen-bond acceptors (Lipinski definition) is 4. The summed E-state index contributed by atoms with van der Waals surface area (Å²) in [6, 6.07) is 22.5. The number of aromatic nitrogens is 1. The van der Waals surface area contributed by atoms with Crippen molar-refractivity contribution in [2.24, 2.45) is 0 Å². The van der Waals surface area contributed by atoms with Gasteiger partial charge in [-0.1, -0.05) is 60.7 Å². The van der Waals surface area contributed by atoms with E-state index in [-0.39, 0.29) is 18.6 Å². The first-order valence-electron chi connectivity index (χ1n) is 8.68. The van der Waals surface area contributed by atoms with Crippen molar-refractivity contribution in [3.05, 3.63) is 102 Å². The Morgan fingerprint density at radius 3 is 2.19 bits per heavy atom. The molecule has 0 radical (unpaired) electrons. The highest BCUT2D eigenvalue weighted by Gasteiger charge is 2.17. The number of amides is 1. The Bertz CT molecular complexity index is 868. The largest absolute Gasteiger partial charge is 0.452 e. The molecular weight excluding hydrogens is 340 g/mol. The van der Waals surface area contributed by atoms with E-state index >= 15 is 0 Å². The minimum absolute atomic E-state index is 0.208. The standard InChI is InChI=1S/C22H20N2O3/c25-21(16-27-22(26)19-11-13-23-14-12-19)24-20(18-9-5-2-6-10-18)15-17-7-3-1-4-8-17/h1-14,20H,15-16H2,(H,24,25)/t20-/m0/s1. The molecule has 0 bridgehead atoms. The number of ether oxygens (including phenoxy) is 1. The van der Waals surface area contributed by atoms with E-state index in [1.54, 1.807) is 12.1 Å². The summed E-state index contributed by atoms with van der Waals surface area (Å²) in [5.41, 5.74) is 2.47. The summed E-state index contributed by atoms with van der Waals surface area (Å²) in [5, 5.41) is 2.96. The van der Waals surface area contributed by atoms with E-state index in [1.807, 2.05) is 60.7 Å². The lowest BCUT2D eigenvalue weighted by Crippen LogP contribution is -2.33. The van der Waals surface area contributed by atoms with Crippen LogP contribution in [-0.4, -0.2) is 23.5 Å². The summed E-state index contributed by atoms with van der Waals surface area (Å²) in [5.74, 6) is -0.894. The molecule has 136 valence electrons. The van der Waals surface area contributed by atoms with Gasteiger partial charge in [-0.25, -0.2) is 4.79 Å². The fraction of sp³-hybridized carbons (Fsp3) is 0.136. The molecule has 0 saturated heterocycles. The van der Waals surface area contributed by atoms with Crippen molar-refractivity contribution in [3.8, 4) is 0 Å². The Labute approximate surface area is 158 Å². The number of carbonyl (C=O) groups is 2. The van der Waals surface area contributed by atoms with Crippen LogP contribution in [-0.2, 0) is 16.0 Å². The number of rotatable bonds is 7. The van der Waals surface area contributed by atoms with Crippen LogP contribution in [0.4, 0.5) is 0 Å². The van der Waals surface area contributed by atoms with E-state index in [0.717, 1.165) is 11.1 Å². The topological polar surface area (TPSA) is 68.3 Å². The van der Waals surface area contributed by atoms with Gasteiger partial charge in [-0.2, -0.15) is 0 Å². The molecule has 0 spiro atoms. The zero-order valence-corrected chi connectivity index (χ0v) is 14.7. The van der Waals surface area contributed by atoms with Crippen LogP contribution in [0.15, 0.2) is 85.2 Å². The molecule has 0 fully saturated rings. The summed E-state index contributed by atoms with van der Waals surface area (Å²) in [6.07, 6.45) is 3.65. The van der Waals surface area contributed by atoms with Crippen LogP contribution in [0.25, 0.3) is 0 Å². The van der Waals surface area contributed by atoms with E-state index in [2.05, 4.69) is 10.3 Å². The first kappa shape index (κ1) is 18.3. The lowest BCUT2D eigenvalue weighted by atomic mass is 9.99. The maximum atomic E-state index is 12.4. The lowest BCUT2D eigenvalue weighted by molar-refractivity contribution is -0.125. The normalized spacial score (nSPS) is 11.4. The van der Waals surface area contributed by atoms with E-state index in [4.69, 9.17) is 4.74 Å². The van der Waals surface area contributed by atoms with Gasteiger partial charge in [-0.05, 0) is 29.7 Å². The third-order valence-corrected chi connectivity index (χ3v) is 4.07. The van der Waals surface area contributed by atoms with E-state index in [1.165, 1.54) is 12.4 Å². The molecule has 3 rings (SSSR count). The molecule has 0 aliphatic carbocycles. The monoisotopic (exact) mass is 360 g/mol. The van der Waals surface area contributed by atoms with Gasteiger partial charge in [0.15, 0.2) is 6.61 Å². The predicted molar refractivity (Wildman–Crippen MR) is 102 cm³/mol. The molecular formula is C22H20N2O3. The SMILES string of the molecule is O=C(COC(=O)c1ccncc1)N[C@@H](Cc1ccccc1)c1ccccc1. The van der Waals surface area contributed by atoms with Crippen molar-refractivity contribution >= 4 is 11.9 Å². The van der Waals surface area contributed by atoms with E-state index in [9.17, 15) is 9.59 Å². The molecule has 27 heavy (non-hydrogen) atoms. The second-order valence-electron chi connectivity index (χ2n) is 6.03. The molecule has 1 N–H and O–H groups in total. The van der Waals surface area contributed by atoms with Gasteiger partial charge in [0.05, 0.1) is 11.6 Å². The van der Waals surface area contributed by atoms with E-state index in [0.29, 0.717) is 12.0 Å². The maximum absolute atomic E-state index is 12.4. The lowest BCUT2D eigenvalue weighted by Gasteiger charge is -2.19. The highest BCUT2D eigenvalue weighted by Crippen LogP contribution is 2.18. The van der Waals surface area contributed by atoms with Crippen LogP contribution in [0, 0.1) is 0 Å². The second kappa shape index (κ2) is 9.29. The number of nitrogens with one attached hydrogen (secondary N) is 1.